The van der Waals surface area contributed by atoms with Crippen LogP contribution in [-0.2, 0) is 6.42 Å². The maximum Gasteiger partial charge on any atom is 0.260 e. The van der Waals surface area contributed by atoms with Gasteiger partial charge in [-0.15, -0.1) is 0 Å². The van der Waals surface area contributed by atoms with Crippen molar-refractivity contribution < 1.29 is 14.2 Å². The molecule has 0 atom stereocenters. The van der Waals surface area contributed by atoms with Crippen molar-refractivity contribution in [2.24, 2.45) is 0 Å². The lowest BCUT2D eigenvalue weighted by Crippen LogP contribution is -2.14. The molecule has 0 radical (unpaired) electrons. The number of aromatic nitrogens is 2. The van der Waals surface area contributed by atoms with Gasteiger partial charge >= 0.3 is 0 Å². The highest BCUT2D eigenvalue weighted by Gasteiger charge is 2.16. The fraction of sp³-hybridized carbons (Fsp3) is 0.250. The zero-order chi connectivity index (χ0) is 13.7. The number of para-hydroxylation sites is 1. The van der Waals surface area contributed by atoms with Gasteiger partial charge in [-0.3, -0.25) is 4.79 Å². The summed E-state index contributed by atoms with van der Waals surface area (Å²) in [7, 11) is 0. The summed E-state index contributed by atoms with van der Waals surface area (Å²) in [6, 6.07) is 6.95. The van der Waals surface area contributed by atoms with E-state index in [0.717, 1.165) is 0 Å². The third-order valence-electron chi connectivity index (χ3n) is 2.47. The maximum atomic E-state index is 12.2. The van der Waals surface area contributed by atoms with E-state index < -0.39 is 0 Å². The number of nitrogens with zero attached hydrogens (tertiary/aromatic N) is 2. The van der Waals surface area contributed by atoms with Gasteiger partial charge in [0.05, 0.1) is 5.56 Å². The molecule has 0 spiro atoms. The number of rotatable bonds is 5. The van der Waals surface area contributed by atoms with E-state index in [0.29, 0.717) is 34.8 Å². The van der Waals surface area contributed by atoms with Gasteiger partial charge in [-0.25, -0.2) is 4.63 Å². The van der Waals surface area contributed by atoms with Gasteiger partial charge in [-0.1, -0.05) is 24.2 Å². The minimum atomic E-state index is -0.318. The highest BCUT2D eigenvalue weighted by molar-refractivity contribution is 9.09. The maximum absolute atomic E-state index is 12.2. The van der Waals surface area contributed by atoms with Gasteiger partial charge in [-0.2, -0.15) is 0 Å². The van der Waals surface area contributed by atoms with Gasteiger partial charge in [-0.05, 0) is 39.6 Å². The van der Waals surface area contributed by atoms with Crippen LogP contribution in [0.4, 0.5) is 5.82 Å². The number of benzene rings is 1. The summed E-state index contributed by atoms with van der Waals surface area (Å²) in [5.41, 5.74) is 1.34. The number of hydrogen-bond donors (Lipinski definition) is 1. The Morgan fingerprint density at radius 3 is 2.95 bits per heavy atom. The van der Waals surface area contributed by atoms with E-state index in [4.69, 9.17) is 4.74 Å². The summed E-state index contributed by atoms with van der Waals surface area (Å²) in [5.74, 6) is 0.509. The number of aryl methyl sites for hydroxylation is 1. The molecule has 19 heavy (non-hydrogen) atoms. The Morgan fingerprint density at radius 1 is 1.42 bits per heavy atom. The summed E-state index contributed by atoms with van der Waals surface area (Å²) in [6.07, 6.45) is 0.624. The smallest absolute Gasteiger partial charge is 0.260 e. The fourth-order valence-corrected chi connectivity index (χ4v) is 1.79. The molecule has 0 aliphatic rings. The predicted molar refractivity (Wildman–Crippen MR) is 72.5 cm³/mol. The molecule has 1 heterocycles. The minimum Gasteiger partial charge on any atom is -0.482 e. The quantitative estimate of drug-likeness (QED) is 0.855. The molecule has 2 aromatic rings. The van der Waals surface area contributed by atoms with Crippen LogP contribution in [0.2, 0.25) is 0 Å². The standard InChI is InChI=1S/C12H12BrN3O3/c1-2-9-11(16-19-15-9)14-12(17)8-5-3-4-6-10(8)18-7-13/h3-6H,2,7H2,1H3,(H,14,16,17). The van der Waals surface area contributed by atoms with E-state index in [1.165, 1.54) is 0 Å². The lowest BCUT2D eigenvalue weighted by atomic mass is 10.2. The Morgan fingerprint density at radius 2 is 2.21 bits per heavy atom. The molecule has 0 unspecified atom stereocenters. The summed E-state index contributed by atoms with van der Waals surface area (Å²) in [5, 5.41) is 10.0. The van der Waals surface area contributed by atoms with Crippen LogP contribution in [0.25, 0.3) is 0 Å². The van der Waals surface area contributed by atoms with Crippen LogP contribution >= 0.6 is 15.9 Å². The number of alkyl halides is 1. The normalized spacial score (nSPS) is 10.2. The number of hydrogen-bond acceptors (Lipinski definition) is 5. The molecular formula is C12H12BrN3O3. The Hall–Kier alpha value is -1.89. The molecular weight excluding hydrogens is 314 g/mol. The second-order valence-corrected chi connectivity index (χ2v) is 4.07. The van der Waals surface area contributed by atoms with Crippen molar-refractivity contribution in [2.75, 3.05) is 10.8 Å². The Kier molecular flexibility index (Phi) is 4.51. The zero-order valence-electron chi connectivity index (χ0n) is 10.2. The van der Waals surface area contributed by atoms with Gasteiger partial charge in [0.15, 0.2) is 0 Å². The van der Waals surface area contributed by atoms with Crippen molar-refractivity contribution in [1.82, 2.24) is 10.3 Å². The topological polar surface area (TPSA) is 77.3 Å². The monoisotopic (exact) mass is 325 g/mol. The van der Waals surface area contributed by atoms with Crippen molar-refractivity contribution in [1.29, 1.82) is 0 Å². The number of carbonyl (C=O) groups is 1. The number of anilines is 1. The third-order valence-corrected chi connectivity index (χ3v) is 2.69. The average molecular weight is 326 g/mol. The first kappa shape index (κ1) is 13.5. The first-order valence-electron chi connectivity index (χ1n) is 5.66. The van der Waals surface area contributed by atoms with E-state index in [1.54, 1.807) is 24.3 Å². The van der Waals surface area contributed by atoms with Crippen molar-refractivity contribution >= 4 is 27.7 Å². The Bertz CT molecular complexity index is 571. The molecule has 100 valence electrons. The van der Waals surface area contributed by atoms with Gasteiger partial charge in [0.2, 0.25) is 5.82 Å². The average Bonchev–Trinajstić information content (AvgIpc) is 2.87. The SMILES string of the molecule is CCc1nonc1NC(=O)c1ccccc1OCBr. The third kappa shape index (κ3) is 3.11. The van der Waals surface area contributed by atoms with Crippen LogP contribution in [0.5, 0.6) is 5.75 Å². The molecule has 1 N–H and O–H groups in total. The highest BCUT2D eigenvalue weighted by Crippen LogP contribution is 2.20. The predicted octanol–water partition coefficient (Wildman–Crippen LogP) is 2.62. The summed E-state index contributed by atoms with van der Waals surface area (Å²) in [6.45, 7) is 1.90. The Balaban J connectivity index is 2.20. The molecule has 0 saturated carbocycles. The van der Waals surface area contributed by atoms with Crippen LogP contribution in [0.1, 0.15) is 23.0 Å². The number of amides is 1. The molecule has 1 amide bonds. The lowest BCUT2D eigenvalue weighted by molar-refractivity contribution is 0.102. The van der Waals surface area contributed by atoms with Crippen molar-refractivity contribution in [2.45, 2.75) is 13.3 Å². The number of ether oxygens (including phenoxy) is 1. The molecule has 1 aromatic carbocycles. The van der Waals surface area contributed by atoms with E-state index in [1.807, 2.05) is 6.92 Å². The van der Waals surface area contributed by atoms with E-state index in [-0.39, 0.29) is 5.91 Å². The number of nitrogens with one attached hydrogen (secondary N) is 1. The molecule has 1 aromatic heterocycles. The first-order valence-corrected chi connectivity index (χ1v) is 6.79. The largest absolute Gasteiger partial charge is 0.482 e. The molecule has 2 rings (SSSR count). The van der Waals surface area contributed by atoms with Crippen LogP contribution in [0, 0.1) is 0 Å². The van der Waals surface area contributed by atoms with Crippen LogP contribution in [0.15, 0.2) is 28.9 Å². The number of carbonyl (C=O) groups excluding carboxylic acids is 1. The van der Waals surface area contributed by atoms with Crippen molar-refractivity contribution in [3.05, 3.63) is 35.5 Å². The molecule has 0 aliphatic heterocycles. The number of halogens is 1. The van der Waals surface area contributed by atoms with E-state index in [2.05, 4.69) is 36.2 Å². The van der Waals surface area contributed by atoms with Gasteiger partial charge in [0, 0.05) is 0 Å². The van der Waals surface area contributed by atoms with Crippen LogP contribution < -0.4 is 10.1 Å². The molecule has 0 bridgehead atoms. The molecule has 0 aliphatic carbocycles. The van der Waals surface area contributed by atoms with E-state index >= 15 is 0 Å². The van der Waals surface area contributed by atoms with Crippen molar-refractivity contribution in [3.63, 3.8) is 0 Å². The van der Waals surface area contributed by atoms with E-state index in [9.17, 15) is 4.79 Å². The summed E-state index contributed by atoms with van der Waals surface area (Å²) in [4.78, 5) is 12.2. The molecule has 0 fully saturated rings. The van der Waals surface area contributed by atoms with Gasteiger partial charge in [0.1, 0.15) is 17.0 Å². The fourth-order valence-electron chi connectivity index (χ4n) is 1.55. The summed E-state index contributed by atoms with van der Waals surface area (Å²) < 4.78 is 9.93. The highest BCUT2D eigenvalue weighted by atomic mass is 79.9. The zero-order valence-corrected chi connectivity index (χ0v) is 11.8. The molecule has 7 heteroatoms. The molecule has 6 nitrogen and oxygen atoms in total. The van der Waals surface area contributed by atoms with Gasteiger partial charge in [0.25, 0.3) is 5.91 Å². The molecule has 0 saturated heterocycles. The van der Waals surface area contributed by atoms with Crippen LogP contribution in [-0.4, -0.2) is 21.7 Å². The second-order valence-electron chi connectivity index (χ2n) is 3.62. The first-order chi connectivity index (χ1) is 9.26. The second kappa shape index (κ2) is 6.33. The van der Waals surface area contributed by atoms with Crippen molar-refractivity contribution in [3.8, 4) is 5.75 Å². The Labute approximate surface area is 118 Å². The van der Waals surface area contributed by atoms with Gasteiger partial charge < -0.3 is 10.1 Å². The lowest BCUT2D eigenvalue weighted by Gasteiger charge is -2.08. The van der Waals surface area contributed by atoms with Crippen LogP contribution in [0.3, 0.4) is 0 Å². The minimum absolute atomic E-state index is 0.309. The summed E-state index contributed by atoms with van der Waals surface area (Å²) >= 11 is 3.16.